The Morgan fingerprint density at radius 1 is 0.835 bits per heavy atom. The molecule has 32 heteroatoms. The van der Waals surface area contributed by atoms with E-state index in [1.165, 1.54) is 13.2 Å². The van der Waals surface area contributed by atoms with Crippen LogP contribution in [-0.4, -0.2) is 179 Å². The van der Waals surface area contributed by atoms with E-state index in [4.69, 9.17) is 38.8 Å². The number of hydrogen-bond donors (Lipinski definition) is 11. The summed E-state index contributed by atoms with van der Waals surface area (Å²) in [5, 5.41) is 34.3. The monoisotopic (exact) mass is 1310 g/mol. The van der Waals surface area contributed by atoms with Gasteiger partial charge in [-0.05, 0) is 138 Å². The van der Waals surface area contributed by atoms with E-state index in [9.17, 15) is 33.9 Å². The Balaban J connectivity index is 0.000000718. The fraction of sp³-hybridized carbons (Fsp3) is 0.441. The Morgan fingerprint density at radius 3 is 2.11 bits per heavy atom. The van der Waals surface area contributed by atoms with E-state index in [0.717, 1.165) is 24.8 Å². The number of fused-ring (bicyclic) bond motifs is 1. The van der Waals surface area contributed by atoms with Gasteiger partial charge in [-0.2, -0.15) is 15.3 Å². The molecule has 0 atom stereocenters. The Labute approximate surface area is 531 Å². The first-order valence-electron chi connectivity index (χ1n) is 28.9. The molecule has 12 N–H and O–H groups in total. The molecule has 0 fully saturated rings. The third kappa shape index (κ3) is 23.8. The van der Waals surface area contributed by atoms with Crippen molar-refractivity contribution >= 4 is 94.3 Å². The quantitative estimate of drug-likeness (QED) is 0.00583. The van der Waals surface area contributed by atoms with Gasteiger partial charge in [-0.1, -0.05) is 18.2 Å². The van der Waals surface area contributed by atoms with Gasteiger partial charge in [0.1, 0.15) is 58.9 Å². The number of rotatable bonds is 32. The maximum Gasteiger partial charge on any atom is 0.412 e. The summed E-state index contributed by atoms with van der Waals surface area (Å²) in [4.78, 5) is 118. The van der Waals surface area contributed by atoms with Crippen LogP contribution < -0.4 is 46.7 Å². The van der Waals surface area contributed by atoms with Gasteiger partial charge >= 0.3 is 6.09 Å². The molecule has 30 nitrogen and oxygen atoms in total. The number of carbonyl (C=O) groups is 6. The standard InChI is InChI=1S/C46H58N12O8.C7H10N2O.C5H15NO5P2.CH5N/c1-9-58-37(22-31(2)54-58)43(62)50-30-55(40-35(47-6)23-32(29-60)24-38(40)64-21-15-13-19-59)16-10-11-18-57-41-36(53-44(57)49-8)25-33(42(61)48-7)26-39(41)65-20-14-12-17-56-28-34(27-51-56)52-45(63)66-46(3,4)5;1-3-9-7(5-10)4-6(2)8-9;1-6-4-2-3-5(7,12(8)9)13(10)11;1-2/h10-12,14,19,22-29H,6,9,13,15-18,20-21,30H2,1-5,7-8H3,(H,48,61)(H,49,53)(H,50,62)(H,52,63);4-5H,3H2,1-2H3;6-11H,2-4H2,1H3;2H2,1H3/b11-10+,14-12+;;;. The van der Waals surface area contributed by atoms with Crippen LogP contribution in [0.25, 0.3) is 11.0 Å². The molecular weight excluding hydrogens is 1220 g/mol. The summed E-state index contributed by atoms with van der Waals surface area (Å²) in [6.45, 7) is 19.7. The lowest BCUT2D eigenvalue weighted by molar-refractivity contribution is -0.108. The summed E-state index contributed by atoms with van der Waals surface area (Å²) in [7, 11) is 1.01. The lowest BCUT2D eigenvalue weighted by Crippen LogP contribution is -2.39. The number of hydrogen-bond acceptors (Lipinski definition) is 23. The summed E-state index contributed by atoms with van der Waals surface area (Å²) in [5.74, 6) is 0.604. The van der Waals surface area contributed by atoms with Crippen molar-refractivity contribution < 1.29 is 67.7 Å². The van der Waals surface area contributed by atoms with Gasteiger partial charge in [-0.15, -0.1) is 0 Å². The zero-order valence-electron chi connectivity index (χ0n) is 53.4. The van der Waals surface area contributed by atoms with Crippen molar-refractivity contribution in [3.8, 4) is 11.5 Å². The number of aryl methyl sites for hydroxylation is 4. The Hall–Kier alpha value is -8.31. The van der Waals surface area contributed by atoms with Crippen LogP contribution in [-0.2, 0) is 35.7 Å². The van der Waals surface area contributed by atoms with Gasteiger partial charge in [0.15, 0.2) is 6.29 Å². The number of aliphatic imine (C=N–C) groups is 1. The molecule has 6 aromatic rings. The molecule has 6 rings (SSSR count). The van der Waals surface area contributed by atoms with E-state index in [1.54, 1.807) is 98.6 Å². The molecule has 0 unspecified atom stereocenters. The van der Waals surface area contributed by atoms with Crippen molar-refractivity contribution in [2.45, 2.75) is 111 Å². The molecule has 91 heavy (non-hydrogen) atoms. The van der Waals surface area contributed by atoms with Gasteiger partial charge in [-0.3, -0.25) is 43.5 Å². The largest absolute Gasteiger partial charge is 0.491 e. The maximum absolute atomic E-state index is 13.6. The van der Waals surface area contributed by atoms with Crippen LogP contribution >= 0.6 is 16.8 Å². The van der Waals surface area contributed by atoms with Gasteiger partial charge in [0.2, 0.25) is 27.8 Å². The van der Waals surface area contributed by atoms with Crippen LogP contribution in [0.3, 0.4) is 0 Å². The van der Waals surface area contributed by atoms with Gasteiger partial charge in [0.05, 0.1) is 54.3 Å². The van der Waals surface area contributed by atoms with Crippen molar-refractivity contribution in [3.63, 3.8) is 0 Å². The summed E-state index contributed by atoms with van der Waals surface area (Å²) in [6, 6.07) is 10.0. The lowest BCUT2D eigenvalue weighted by Gasteiger charge is -2.29. The number of nitrogens with two attached hydrogens (primary N) is 1. The second-order valence-corrected chi connectivity index (χ2v) is 23.4. The number of aromatic nitrogens is 8. The highest BCUT2D eigenvalue weighted by molar-refractivity contribution is 7.65. The summed E-state index contributed by atoms with van der Waals surface area (Å²) in [5.41, 5.74) is 9.66. The fourth-order valence-electron chi connectivity index (χ4n) is 8.44. The number of imidazole rings is 1. The van der Waals surface area contributed by atoms with Crippen LogP contribution in [0, 0.1) is 13.8 Å². The number of ether oxygens (including phenoxy) is 3. The first-order chi connectivity index (χ1) is 43.4. The molecule has 4 aromatic heterocycles. The molecule has 2 aromatic carbocycles. The number of amides is 3. The molecule has 0 aliphatic heterocycles. The van der Waals surface area contributed by atoms with E-state index in [2.05, 4.69) is 59.3 Å². The van der Waals surface area contributed by atoms with Gasteiger partial charge in [-0.25, -0.2) is 9.78 Å². The molecule has 0 radical (unpaired) electrons. The van der Waals surface area contributed by atoms with Crippen molar-refractivity contribution in [2.75, 3.05) is 76.7 Å². The second-order valence-electron chi connectivity index (χ2n) is 20.4. The molecule has 0 bridgehead atoms. The average Bonchev–Trinajstić information content (AvgIpc) is 1.84. The minimum absolute atomic E-state index is 0.00114. The van der Waals surface area contributed by atoms with E-state index < -0.39 is 33.5 Å². The number of benzene rings is 2. The minimum atomic E-state index is -2.75. The van der Waals surface area contributed by atoms with E-state index in [-0.39, 0.29) is 44.7 Å². The molecule has 498 valence electrons. The Morgan fingerprint density at radius 2 is 1.52 bits per heavy atom. The molecule has 0 spiro atoms. The Kier molecular flexibility index (Phi) is 33.0. The number of anilines is 3. The molecule has 3 amide bonds. The van der Waals surface area contributed by atoms with E-state index in [0.29, 0.717) is 125 Å². The molecule has 0 aliphatic carbocycles. The van der Waals surface area contributed by atoms with Crippen LogP contribution in [0.2, 0.25) is 0 Å². The summed E-state index contributed by atoms with van der Waals surface area (Å²) in [6.07, 6.45) is 13.6. The Bertz CT molecular complexity index is 3360. The minimum Gasteiger partial charge on any atom is -0.491 e. The van der Waals surface area contributed by atoms with Crippen molar-refractivity contribution in [1.82, 2.24) is 54.8 Å². The molecule has 0 saturated heterocycles. The lowest BCUT2D eigenvalue weighted by atomic mass is 10.1. The van der Waals surface area contributed by atoms with Crippen molar-refractivity contribution in [2.24, 2.45) is 10.7 Å². The number of unbranched alkanes of at least 4 members (excludes halogenated alkanes) is 1. The smallest absolute Gasteiger partial charge is 0.412 e. The highest BCUT2D eigenvalue weighted by atomic mass is 31.2. The second kappa shape index (κ2) is 39.1. The molecule has 0 saturated carbocycles. The average molecular weight is 1310 g/mol. The van der Waals surface area contributed by atoms with Gasteiger partial charge in [0.25, 0.3) is 11.8 Å². The van der Waals surface area contributed by atoms with Crippen molar-refractivity contribution in [1.29, 1.82) is 0 Å². The predicted octanol–water partition coefficient (Wildman–Crippen LogP) is 5.92. The third-order valence-corrected chi connectivity index (χ3v) is 15.4. The number of allylic oxidation sites excluding steroid dienone is 2. The van der Waals surface area contributed by atoms with Crippen LogP contribution in [0.4, 0.5) is 27.8 Å². The zero-order chi connectivity index (χ0) is 67.8. The maximum atomic E-state index is 13.6. The third-order valence-electron chi connectivity index (χ3n) is 12.6. The highest BCUT2D eigenvalue weighted by Crippen LogP contribution is 2.60. The van der Waals surface area contributed by atoms with Crippen LogP contribution in [0.1, 0.15) is 113 Å². The number of aldehydes is 3. The number of nitrogens with zero attached hydrogens (tertiary/aromatic N) is 10. The normalized spacial score (nSPS) is 11.3. The first-order valence-corrected chi connectivity index (χ1v) is 31.4. The molecule has 4 heterocycles. The van der Waals surface area contributed by atoms with Crippen LogP contribution in [0.5, 0.6) is 11.5 Å². The SMILES string of the molecule is C=Nc1cc(C=O)cc(OCCCC=O)c1N(C/C=C/Cn1c(NC)nc2cc(C(=O)NC)cc(OC/C=C/Cn3cc(NC(=O)OC(C)(C)C)cn3)c21)CNC(=O)c1cc(C)nn1CC.CCn1nc(C)cc1C=O.CN.CNCCCC(O)(P(O)O)P(O)O. The summed E-state index contributed by atoms with van der Waals surface area (Å²) < 4.78 is 24.6. The number of carbonyl (C=O) groups excluding carboxylic acids is 6. The van der Waals surface area contributed by atoms with E-state index >= 15 is 0 Å². The predicted molar refractivity (Wildman–Crippen MR) is 352 cm³/mol. The number of aliphatic hydroxyl groups is 1. The molecule has 0 aliphatic rings. The summed E-state index contributed by atoms with van der Waals surface area (Å²) >= 11 is 0. The van der Waals surface area contributed by atoms with Gasteiger partial charge in [0, 0.05) is 64.0 Å². The van der Waals surface area contributed by atoms with Gasteiger partial charge < -0.3 is 80.2 Å². The highest BCUT2D eigenvalue weighted by Gasteiger charge is 2.43. The number of nitrogens with one attached hydrogen (secondary N) is 5. The first kappa shape index (κ1) is 76.9. The van der Waals surface area contributed by atoms with E-state index in [1.807, 2.05) is 61.5 Å². The van der Waals surface area contributed by atoms with Crippen LogP contribution in [0.15, 0.2) is 78.1 Å². The van der Waals surface area contributed by atoms with Crippen molar-refractivity contribution in [3.05, 3.63) is 107 Å². The molecular formula is C59H88N16O14P2. The fourth-order valence-corrected chi connectivity index (χ4v) is 9.80. The zero-order valence-corrected chi connectivity index (χ0v) is 55.2. The topological polar surface area (TPSA) is 404 Å².